The summed E-state index contributed by atoms with van der Waals surface area (Å²) < 4.78 is 19.4. The average molecular weight is 299 g/mol. The minimum Gasteiger partial charge on any atom is -0.488 e. The fraction of sp³-hybridized carbons (Fsp3) is 0.333. The molecule has 2 atom stereocenters. The molecule has 0 spiro atoms. The minimum absolute atomic E-state index is 0.136. The van der Waals surface area contributed by atoms with Crippen LogP contribution in [0, 0.1) is 5.82 Å². The van der Waals surface area contributed by atoms with E-state index in [1.165, 1.54) is 17.2 Å². The first-order valence-electron chi connectivity index (χ1n) is 7.64. The Kier molecular flexibility index (Phi) is 3.36. The van der Waals surface area contributed by atoms with Gasteiger partial charge in [-0.2, -0.15) is 0 Å². The highest BCUT2D eigenvalue weighted by atomic mass is 19.1. The molecule has 4 rings (SSSR count). The van der Waals surface area contributed by atoms with E-state index in [1.54, 1.807) is 12.1 Å². The van der Waals surface area contributed by atoms with Gasteiger partial charge >= 0.3 is 0 Å². The largest absolute Gasteiger partial charge is 0.488 e. The van der Waals surface area contributed by atoms with Gasteiger partial charge in [0.15, 0.2) is 11.6 Å². The smallest absolute Gasteiger partial charge is 0.165 e. The maximum absolute atomic E-state index is 13.8. The average Bonchev–Trinajstić information content (AvgIpc) is 2.56. The van der Waals surface area contributed by atoms with E-state index in [0.717, 1.165) is 19.5 Å². The lowest BCUT2D eigenvalue weighted by molar-refractivity contribution is -0.00441. The van der Waals surface area contributed by atoms with Gasteiger partial charge in [-0.15, -0.1) is 0 Å². The van der Waals surface area contributed by atoms with E-state index in [-0.39, 0.29) is 11.8 Å². The Hall–Kier alpha value is -1.91. The van der Waals surface area contributed by atoms with Crippen LogP contribution in [0.2, 0.25) is 0 Å². The van der Waals surface area contributed by atoms with Gasteiger partial charge in [0.2, 0.25) is 0 Å². The van der Waals surface area contributed by atoms with Crippen LogP contribution < -0.4 is 4.74 Å². The summed E-state index contributed by atoms with van der Waals surface area (Å²) in [4.78, 5) is 2.24. The molecule has 4 heteroatoms. The molecule has 0 aromatic heterocycles. The molecule has 0 saturated carbocycles. The van der Waals surface area contributed by atoms with Gasteiger partial charge in [0, 0.05) is 18.7 Å². The van der Waals surface area contributed by atoms with Crippen molar-refractivity contribution in [2.24, 2.45) is 0 Å². The molecule has 0 radical (unpaired) electrons. The zero-order valence-electron chi connectivity index (χ0n) is 12.2. The van der Waals surface area contributed by atoms with Gasteiger partial charge in [0.25, 0.3) is 0 Å². The van der Waals surface area contributed by atoms with Crippen LogP contribution >= 0.6 is 0 Å². The third-order valence-electron chi connectivity index (χ3n) is 4.71. The van der Waals surface area contributed by atoms with E-state index in [9.17, 15) is 9.50 Å². The zero-order valence-corrected chi connectivity index (χ0v) is 12.2. The van der Waals surface area contributed by atoms with E-state index in [1.807, 2.05) is 6.07 Å². The number of aliphatic hydroxyl groups excluding tert-OH is 1. The van der Waals surface area contributed by atoms with E-state index < -0.39 is 11.9 Å². The number of hydrogen-bond acceptors (Lipinski definition) is 3. The second-order valence-corrected chi connectivity index (χ2v) is 5.97. The fourth-order valence-corrected chi connectivity index (χ4v) is 3.48. The van der Waals surface area contributed by atoms with E-state index >= 15 is 0 Å². The van der Waals surface area contributed by atoms with Crippen LogP contribution in [0.25, 0.3) is 0 Å². The van der Waals surface area contributed by atoms with Crippen LogP contribution in [-0.2, 0) is 13.0 Å². The molecular formula is C18H18FNO2. The number of halogens is 1. The summed E-state index contributed by atoms with van der Waals surface area (Å²) >= 11 is 0. The fourth-order valence-electron chi connectivity index (χ4n) is 3.48. The van der Waals surface area contributed by atoms with Crippen molar-refractivity contribution in [1.82, 2.24) is 4.90 Å². The van der Waals surface area contributed by atoms with Crippen LogP contribution in [0.15, 0.2) is 42.5 Å². The van der Waals surface area contributed by atoms with Crippen molar-refractivity contribution in [2.45, 2.75) is 25.1 Å². The Balaban J connectivity index is 1.60. The Labute approximate surface area is 128 Å². The topological polar surface area (TPSA) is 32.7 Å². The number of ether oxygens (including phenoxy) is 1. The van der Waals surface area contributed by atoms with E-state index in [2.05, 4.69) is 23.1 Å². The number of hydrogen-bond donors (Lipinski definition) is 1. The predicted molar refractivity (Wildman–Crippen MR) is 81.2 cm³/mol. The third kappa shape index (κ3) is 2.19. The first-order valence-corrected chi connectivity index (χ1v) is 7.64. The highest BCUT2D eigenvalue weighted by Gasteiger charge is 2.36. The SMILES string of the molecule is OC1c2cccc(F)c2OCC1N1CCc2ccccc2C1. The standard InChI is InChI=1S/C18H18FNO2/c19-15-7-3-6-14-17(21)16(11-22-18(14)15)20-9-8-12-4-1-2-5-13(12)10-20/h1-7,16-17,21H,8-11H2. The summed E-state index contributed by atoms with van der Waals surface area (Å²) in [6.45, 7) is 2.00. The Bertz CT molecular complexity index is 703. The van der Waals surface area contributed by atoms with Crippen molar-refractivity contribution in [3.63, 3.8) is 0 Å². The van der Waals surface area contributed by atoms with Gasteiger partial charge in [0.05, 0.1) is 6.04 Å². The molecule has 1 N–H and O–H groups in total. The highest BCUT2D eigenvalue weighted by molar-refractivity contribution is 5.39. The van der Waals surface area contributed by atoms with Crippen molar-refractivity contribution in [3.05, 3.63) is 65.0 Å². The molecule has 0 saturated heterocycles. The first kappa shape index (κ1) is 13.7. The van der Waals surface area contributed by atoms with Gasteiger partial charge in [-0.05, 0) is 23.6 Å². The van der Waals surface area contributed by atoms with Crippen LogP contribution in [0.5, 0.6) is 5.75 Å². The Morgan fingerprint density at radius 2 is 1.91 bits per heavy atom. The second-order valence-electron chi connectivity index (χ2n) is 5.97. The lowest BCUT2D eigenvalue weighted by Crippen LogP contribution is -2.48. The van der Waals surface area contributed by atoms with Crippen LogP contribution in [-0.4, -0.2) is 29.2 Å². The molecule has 2 aliphatic rings. The number of nitrogens with zero attached hydrogens (tertiary/aromatic N) is 1. The molecule has 114 valence electrons. The van der Waals surface area contributed by atoms with Crippen molar-refractivity contribution < 1.29 is 14.2 Å². The summed E-state index contributed by atoms with van der Waals surface area (Å²) in [6.07, 6.45) is 0.250. The van der Waals surface area contributed by atoms with Crippen LogP contribution in [0.4, 0.5) is 4.39 Å². The molecule has 3 nitrogen and oxygen atoms in total. The molecule has 0 bridgehead atoms. The van der Waals surface area contributed by atoms with Crippen LogP contribution in [0.3, 0.4) is 0 Å². The van der Waals surface area contributed by atoms with Crippen molar-refractivity contribution in [1.29, 1.82) is 0 Å². The summed E-state index contributed by atoms with van der Waals surface area (Å²) in [7, 11) is 0. The van der Waals surface area contributed by atoms with Gasteiger partial charge in [0.1, 0.15) is 12.7 Å². The van der Waals surface area contributed by atoms with Crippen molar-refractivity contribution >= 4 is 0 Å². The van der Waals surface area contributed by atoms with Gasteiger partial charge in [-0.1, -0.05) is 36.4 Å². The lowest BCUT2D eigenvalue weighted by atomic mass is 9.93. The predicted octanol–water partition coefficient (Wildman–Crippen LogP) is 2.68. The molecule has 2 heterocycles. The molecule has 0 aliphatic carbocycles. The maximum Gasteiger partial charge on any atom is 0.165 e. The van der Waals surface area contributed by atoms with Crippen LogP contribution in [0.1, 0.15) is 22.8 Å². The minimum atomic E-state index is -0.718. The summed E-state index contributed by atoms with van der Waals surface area (Å²) in [6, 6.07) is 13.0. The molecule has 2 aliphatic heterocycles. The number of benzene rings is 2. The molecular weight excluding hydrogens is 281 g/mol. The molecule has 2 aromatic rings. The summed E-state index contributed by atoms with van der Waals surface area (Å²) in [5.41, 5.74) is 3.22. The number of aliphatic hydroxyl groups is 1. The van der Waals surface area contributed by atoms with Gasteiger partial charge < -0.3 is 9.84 Å². The molecule has 22 heavy (non-hydrogen) atoms. The van der Waals surface area contributed by atoms with Crippen molar-refractivity contribution in [2.75, 3.05) is 13.2 Å². The third-order valence-corrected chi connectivity index (χ3v) is 4.71. The zero-order chi connectivity index (χ0) is 15.1. The van der Waals surface area contributed by atoms with E-state index in [0.29, 0.717) is 12.2 Å². The van der Waals surface area contributed by atoms with E-state index in [4.69, 9.17) is 4.74 Å². The highest BCUT2D eigenvalue weighted by Crippen LogP contribution is 2.37. The Morgan fingerprint density at radius 3 is 2.77 bits per heavy atom. The molecule has 0 amide bonds. The number of para-hydroxylation sites is 1. The summed E-state index contributed by atoms with van der Waals surface area (Å²) in [5, 5.41) is 10.7. The monoisotopic (exact) mass is 299 g/mol. The van der Waals surface area contributed by atoms with Crippen molar-refractivity contribution in [3.8, 4) is 5.75 Å². The lowest BCUT2D eigenvalue weighted by Gasteiger charge is -2.40. The normalized spacial score (nSPS) is 24.3. The first-order chi connectivity index (χ1) is 10.7. The van der Waals surface area contributed by atoms with Gasteiger partial charge in [-0.3, -0.25) is 4.90 Å². The molecule has 2 unspecified atom stereocenters. The summed E-state index contributed by atoms with van der Waals surface area (Å²) in [5.74, 6) is -0.206. The molecule has 0 fully saturated rings. The Morgan fingerprint density at radius 1 is 1.09 bits per heavy atom. The quantitative estimate of drug-likeness (QED) is 0.879. The molecule has 2 aromatic carbocycles. The second kappa shape index (κ2) is 5.38. The maximum atomic E-state index is 13.8. The number of rotatable bonds is 1. The number of fused-ring (bicyclic) bond motifs is 2. The van der Waals surface area contributed by atoms with Gasteiger partial charge in [-0.25, -0.2) is 4.39 Å².